The molecule has 0 radical (unpaired) electrons. The Labute approximate surface area is 168 Å². The van der Waals surface area contributed by atoms with Crippen molar-refractivity contribution < 1.29 is 36.1 Å². The van der Waals surface area contributed by atoms with E-state index < -0.39 is 16.4 Å². The lowest BCUT2D eigenvalue weighted by Crippen LogP contribution is -2.39. The number of guanidine groups is 1. The van der Waals surface area contributed by atoms with E-state index in [0.29, 0.717) is 36.1 Å². The largest absolute Gasteiger partial charge is 0.454 e. The van der Waals surface area contributed by atoms with E-state index in [-0.39, 0.29) is 38.1 Å². The molecule has 0 bridgehead atoms. The Hall–Kier alpha value is -2.34. The van der Waals surface area contributed by atoms with E-state index in [0.717, 1.165) is 6.26 Å². The van der Waals surface area contributed by atoms with Crippen LogP contribution >= 0.6 is 0 Å². The molecule has 2 N–H and O–H groups in total. The predicted molar refractivity (Wildman–Crippen MR) is 103 cm³/mol. The van der Waals surface area contributed by atoms with E-state index in [1.54, 1.807) is 6.07 Å². The van der Waals surface area contributed by atoms with Gasteiger partial charge in [-0.15, -0.1) is 0 Å². The minimum atomic E-state index is -3.06. The van der Waals surface area contributed by atoms with Gasteiger partial charge in [-0.2, -0.15) is 8.78 Å². The molecule has 0 aliphatic carbocycles. The Balaban J connectivity index is 1.95. The van der Waals surface area contributed by atoms with Gasteiger partial charge >= 0.3 is 6.61 Å². The second-order valence-electron chi connectivity index (χ2n) is 6.06. The monoisotopic (exact) mass is 437 g/mol. The molecule has 0 fully saturated rings. The second kappa shape index (κ2) is 11.0. The lowest BCUT2D eigenvalue weighted by molar-refractivity contribution is -0.0505. The number of hydrogen-bond donors (Lipinski definition) is 2. The number of fused-ring (bicyclic) bond motifs is 1. The fourth-order valence-corrected chi connectivity index (χ4v) is 2.78. The van der Waals surface area contributed by atoms with Crippen LogP contribution in [0.4, 0.5) is 8.78 Å². The summed E-state index contributed by atoms with van der Waals surface area (Å²) in [5.74, 6) is 1.14. The smallest absolute Gasteiger partial charge is 0.387 e. The summed E-state index contributed by atoms with van der Waals surface area (Å²) < 4.78 is 67.8. The molecule has 2 rings (SSSR count). The summed E-state index contributed by atoms with van der Waals surface area (Å²) in [4.78, 5) is 4.36. The number of nitrogens with one attached hydrogen (secondary N) is 2. The third-order valence-corrected chi connectivity index (χ3v) is 4.57. The lowest BCUT2D eigenvalue weighted by Gasteiger charge is -2.13. The highest BCUT2D eigenvalue weighted by Crippen LogP contribution is 2.38. The van der Waals surface area contributed by atoms with Gasteiger partial charge in [-0.25, -0.2) is 13.4 Å². The van der Waals surface area contributed by atoms with Gasteiger partial charge in [-0.1, -0.05) is 0 Å². The first-order valence-corrected chi connectivity index (χ1v) is 11.0. The Kier molecular flexibility index (Phi) is 8.70. The van der Waals surface area contributed by atoms with Gasteiger partial charge in [0.25, 0.3) is 0 Å². The van der Waals surface area contributed by atoms with E-state index in [4.69, 9.17) is 14.2 Å². The number of sulfone groups is 1. The summed E-state index contributed by atoms with van der Waals surface area (Å²) in [5, 5.41) is 6.04. The number of hydrogen-bond acceptors (Lipinski definition) is 7. The zero-order valence-electron chi connectivity index (χ0n) is 16.2. The topological polar surface area (TPSA) is 107 Å². The molecular formula is C17H25F2N3O6S. The van der Waals surface area contributed by atoms with Gasteiger partial charge in [-0.05, 0) is 13.0 Å². The summed E-state index contributed by atoms with van der Waals surface area (Å²) in [6.07, 6.45) is 1.15. The third kappa shape index (κ3) is 8.28. The number of halogens is 2. The molecule has 0 amide bonds. The number of ether oxygens (including phenoxy) is 4. The Morgan fingerprint density at radius 1 is 1.24 bits per heavy atom. The van der Waals surface area contributed by atoms with Crippen molar-refractivity contribution in [3.63, 3.8) is 0 Å². The fraction of sp³-hybridized carbons (Fsp3) is 0.588. The summed E-state index contributed by atoms with van der Waals surface area (Å²) in [7, 11) is -3.06. The van der Waals surface area contributed by atoms with Gasteiger partial charge in [-0.3, -0.25) is 0 Å². The fourth-order valence-electron chi connectivity index (χ4n) is 2.35. The average molecular weight is 437 g/mol. The Morgan fingerprint density at radius 3 is 2.62 bits per heavy atom. The van der Waals surface area contributed by atoms with Crippen molar-refractivity contribution in [3.8, 4) is 17.2 Å². The number of alkyl halides is 2. The van der Waals surface area contributed by atoms with Crippen molar-refractivity contribution in [1.29, 1.82) is 0 Å². The maximum absolute atomic E-state index is 12.7. The Morgan fingerprint density at radius 2 is 1.97 bits per heavy atom. The van der Waals surface area contributed by atoms with Crippen molar-refractivity contribution in [2.24, 2.45) is 4.99 Å². The van der Waals surface area contributed by atoms with Gasteiger partial charge in [0, 0.05) is 31.0 Å². The normalized spacial score (nSPS) is 13.6. The average Bonchev–Trinajstić information content (AvgIpc) is 3.08. The van der Waals surface area contributed by atoms with E-state index in [9.17, 15) is 17.2 Å². The highest BCUT2D eigenvalue weighted by molar-refractivity contribution is 7.90. The van der Waals surface area contributed by atoms with Gasteiger partial charge in [0.1, 0.15) is 15.6 Å². The molecule has 0 spiro atoms. The molecule has 1 aromatic carbocycles. The first-order chi connectivity index (χ1) is 13.8. The van der Waals surface area contributed by atoms with E-state index in [2.05, 4.69) is 20.4 Å². The summed E-state index contributed by atoms with van der Waals surface area (Å²) in [5.41, 5.74) is 0.413. The zero-order valence-corrected chi connectivity index (χ0v) is 17.1. The predicted octanol–water partition coefficient (Wildman–Crippen LogP) is 1.13. The van der Waals surface area contributed by atoms with Crippen molar-refractivity contribution >= 4 is 15.8 Å². The minimum absolute atomic E-state index is 0.0136. The number of aliphatic imine (C=N–C) groups is 1. The van der Waals surface area contributed by atoms with Crippen LogP contribution in [0.25, 0.3) is 0 Å². The van der Waals surface area contributed by atoms with Gasteiger partial charge in [0.2, 0.25) is 6.79 Å². The molecule has 1 aliphatic rings. The molecule has 1 aliphatic heterocycles. The maximum atomic E-state index is 12.7. The van der Waals surface area contributed by atoms with Crippen LogP contribution < -0.4 is 24.8 Å². The maximum Gasteiger partial charge on any atom is 0.387 e. The Bertz CT molecular complexity index is 805. The van der Waals surface area contributed by atoms with Crippen molar-refractivity contribution in [2.45, 2.75) is 20.1 Å². The van der Waals surface area contributed by atoms with Crippen molar-refractivity contribution in [2.75, 3.05) is 45.1 Å². The SMILES string of the molecule is CCNC(=NCc1cc2c(cc1OC(F)F)OCO2)NCCOCCS(C)(=O)=O. The van der Waals surface area contributed by atoms with Gasteiger partial charge in [0.15, 0.2) is 17.5 Å². The third-order valence-electron chi connectivity index (χ3n) is 3.66. The molecule has 0 unspecified atom stereocenters. The van der Waals surface area contributed by atoms with Crippen LogP contribution in [-0.4, -0.2) is 66.1 Å². The van der Waals surface area contributed by atoms with Crippen LogP contribution in [0.15, 0.2) is 17.1 Å². The molecule has 12 heteroatoms. The van der Waals surface area contributed by atoms with Crippen molar-refractivity contribution in [3.05, 3.63) is 17.7 Å². The van der Waals surface area contributed by atoms with Crippen LogP contribution in [0.2, 0.25) is 0 Å². The molecule has 29 heavy (non-hydrogen) atoms. The highest BCUT2D eigenvalue weighted by Gasteiger charge is 2.20. The molecular weight excluding hydrogens is 412 g/mol. The highest BCUT2D eigenvalue weighted by atomic mass is 32.2. The molecule has 1 aromatic rings. The number of rotatable bonds is 11. The van der Waals surface area contributed by atoms with Crippen molar-refractivity contribution in [1.82, 2.24) is 10.6 Å². The quantitative estimate of drug-likeness (QED) is 0.301. The molecule has 164 valence electrons. The first-order valence-electron chi connectivity index (χ1n) is 8.93. The first kappa shape index (κ1) is 22.9. The van der Waals surface area contributed by atoms with Crippen LogP contribution in [0.5, 0.6) is 17.2 Å². The van der Waals surface area contributed by atoms with Gasteiger partial charge in [0.05, 0.1) is 25.5 Å². The molecule has 0 atom stereocenters. The molecule has 0 aromatic heterocycles. The van der Waals surface area contributed by atoms with Gasteiger partial charge < -0.3 is 29.6 Å². The lowest BCUT2D eigenvalue weighted by atomic mass is 10.1. The standard InChI is InChI=1S/C17H25F2N3O6S/c1-3-20-17(21-4-5-25-6-7-29(2,23)24)22-10-12-8-14-15(27-11-26-14)9-13(12)28-16(18)19/h8-9,16H,3-7,10-11H2,1-2H3,(H2,20,21,22). The van der Waals surface area contributed by atoms with E-state index in [1.165, 1.54) is 6.07 Å². The molecule has 1 heterocycles. The molecule has 9 nitrogen and oxygen atoms in total. The van der Waals surface area contributed by atoms with E-state index in [1.807, 2.05) is 6.92 Å². The zero-order chi connectivity index (χ0) is 21.3. The molecule has 0 saturated carbocycles. The summed E-state index contributed by atoms with van der Waals surface area (Å²) in [6, 6.07) is 2.91. The molecule has 0 saturated heterocycles. The van der Waals surface area contributed by atoms with E-state index >= 15 is 0 Å². The van der Waals surface area contributed by atoms with Crippen LogP contribution in [0.1, 0.15) is 12.5 Å². The summed E-state index contributed by atoms with van der Waals surface area (Å²) in [6.45, 7) is 0.338. The van der Waals surface area contributed by atoms with Crippen LogP contribution in [0.3, 0.4) is 0 Å². The number of nitrogens with zero attached hydrogens (tertiary/aromatic N) is 1. The number of benzene rings is 1. The summed E-state index contributed by atoms with van der Waals surface area (Å²) >= 11 is 0. The van der Waals surface area contributed by atoms with Crippen LogP contribution in [-0.2, 0) is 21.1 Å². The second-order valence-corrected chi connectivity index (χ2v) is 8.32. The minimum Gasteiger partial charge on any atom is -0.454 e. The van der Waals surface area contributed by atoms with Crippen LogP contribution in [0, 0.1) is 0 Å².